The van der Waals surface area contributed by atoms with E-state index in [2.05, 4.69) is 13.8 Å². The van der Waals surface area contributed by atoms with Crippen LogP contribution in [0.5, 0.6) is 5.75 Å². The number of thiazole rings is 1. The number of benzene rings is 3. The topological polar surface area (TPSA) is 79.7 Å². The third-order valence-electron chi connectivity index (χ3n) is 6.55. The largest absolute Gasteiger partial charge is 0.507 e. The van der Waals surface area contributed by atoms with Crippen LogP contribution in [0.4, 0.5) is 5.13 Å². The molecule has 188 valence electrons. The van der Waals surface area contributed by atoms with Gasteiger partial charge in [-0.05, 0) is 49.1 Å². The Morgan fingerprint density at radius 2 is 1.76 bits per heavy atom. The second kappa shape index (κ2) is 9.82. The molecule has 1 atom stereocenters. The number of rotatable bonds is 6. The van der Waals surface area contributed by atoms with Gasteiger partial charge < -0.3 is 9.84 Å². The molecular formula is C30H28N2O4S. The minimum absolute atomic E-state index is 0.0559. The number of ketones is 1. The van der Waals surface area contributed by atoms with E-state index in [0.29, 0.717) is 34.5 Å². The predicted molar refractivity (Wildman–Crippen MR) is 147 cm³/mol. The number of fused-ring (bicyclic) bond motifs is 1. The Balaban J connectivity index is 1.68. The highest BCUT2D eigenvalue weighted by Crippen LogP contribution is 2.44. The standard InChI is InChI=1S/C30H28N2O4S/c1-5-36-22-14-15-23-24(16-22)37-30(31-23)32-26(20-12-10-19(11-13-20)17(2)3)25(28(34)29(32)35)27(33)21-8-6-18(4)7-9-21/h6-17,26,33H,5H2,1-4H3. The summed E-state index contributed by atoms with van der Waals surface area (Å²) in [6.07, 6.45) is 0. The molecule has 1 N–H and O–H groups in total. The molecule has 0 radical (unpaired) electrons. The highest BCUT2D eigenvalue weighted by molar-refractivity contribution is 7.22. The zero-order chi connectivity index (χ0) is 26.3. The fraction of sp³-hybridized carbons (Fsp3) is 0.233. The van der Waals surface area contributed by atoms with Gasteiger partial charge in [-0.2, -0.15) is 0 Å². The Kier molecular flexibility index (Phi) is 6.56. The molecule has 1 aliphatic rings. The number of hydrogen-bond donors (Lipinski definition) is 1. The number of hydrogen-bond acceptors (Lipinski definition) is 6. The van der Waals surface area contributed by atoms with E-state index < -0.39 is 17.7 Å². The highest BCUT2D eigenvalue weighted by Gasteiger charge is 2.48. The lowest BCUT2D eigenvalue weighted by atomic mass is 9.93. The van der Waals surface area contributed by atoms with Gasteiger partial charge in [0.2, 0.25) is 0 Å². The molecule has 0 bridgehead atoms. The van der Waals surface area contributed by atoms with Gasteiger partial charge in [0.25, 0.3) is 5.78 Å². The molecule has 6 nitrogen and oxygen atoms in total. The number of aromatic nitrogens is 1. The van der Waals surface area contributed by atoms with Crippen molar-refractivity contribution in [3.63, 3.8) is 0 Å². The number of carbonyl (C=O) groups excluding carboxylic acids is 2. The number of amides is 1. The zero-order valence-electron chi connectivity index (χ0n) is 21.2. The van der Waals surface area contributed by atoms with E-state index in [1.807, 2.05) is 68.4 Å². The maximum atomic E-state index is 13.5. The number of nitrogens with zero attached hydrogens (tertiary/aromatic N) is 2. The van der Waals surface area contributed by atoms with Crippen LogP contribution in [0.1, 0.15) is 55.0 Å². The van der Waals surface area contributed by atoms with Crippen LogP contribution in [0.15, 0.2) is 72.3 Å². The smallest absolute Gasteiger partial charge is 0.301 e. The summed E-state index contributed by atoms with van der Waals surface area (Å²) in [6.45, 7) is 8.62. The van der Waals surface area contributed by atoms with E-state index in [1.165, 1.54) is 16.2 Å². The summed E-state index contributed by atoms with van der Waals surface area (Å²) in [5, 5.41) is 11.7. The molecular weight excluding hydrogens is 484 g/mol. The van der Waals surface area contributed by atoms with Gasteiger partial charge in [0.05, 0.1) is 28.4 Å². The first-order valence-electron chi connectivity index (χ1n) is 12.3. The van der Waals surface area contributed by atoms with Gasteiger partial charge in [0, 0.05) is 5.56 Å². The second-order valence-corrected chi connectivity index (χ2v) is 10.4. The molecule has 1 amide bonds. The summed E-state index contributed by atoms with van der Waals surface area (Å²) in [4.78, 5) is 33.0. The Bertz CT molecular complexity index is 1520. The Hall–Kier alpha value is -3.97. The summed E-state index contributed by atoms with van der Waals surface area (Å²) in [5.74, 6) is -0.594. The molecule has 7 heteroatoms. The van der Waals surface area contributed by atoms with Crippen LogP contribution in [0.25, 0.3) is 16.0 Å². The lowest BCUT2D eigenvalue weighted by molar-refractivity contribution is -0.132. The number of carbonyl (C=O) groups is 2. The third-order valence-corrected chi connectivity index (χ3v) is 7.57. The van der Waals surface area contributed by atoms with Crippen molar-refractivity contribution in [3.05, 3.63) is 94.6 Å². The molecule has 1 aliphatic heterocycles. The van der Waals surface area contributed by atoms with Gasteiger partial charge in [-0.15, -0.1) is 0 Å². The first-order chi connectivity index (χ1) is 17.8. The molecule has 1 unspecified atom stereocenters. The quantitative estimate of drug-likeness (QED) is 0.176. The summed E-state index contributed by atoms with van der Waals surface area (Å²) < 4.78 is 6.46. The maximum Gasteiger partial charge on any atom is 0.301 e. The Labute approximate surface area is 219 Å². The summed E-state index contributed by atoms with van der Waals surface area (Å²) in [7, 11) is 0. The predicted octanol–water partition coefficient (Wildman–Crippen LogP) is 6.75. The van der Waals surface area contributed by atoms with Crippen molar-refractivity contribution in [1.29, 1.82) is 0 Å². The van der Waals surface area contributed by atoms with E-state index in [9.17, 15) is 14.7 Å². The van der Waals surface area contributed by atoms with E-state index in [-0.39, 0.29) is 11.3 Å². The highest BCUT2D eigenvalue weighted by atomic mass is 32.1. The zero-order valence-corrected chi connectivity index (χ0v) is 22.0. The third kappa shape index (κ3) is 4.51. The summed E-state index contributed by atoms with van der Waals surface area (Å²) >= 11 is 1.32. The number of ether oxygens (including phenoxy) is 1. The van der Waals surface area contributed by atoms with Crippen LogP contribution in [-0.4, -0.2) is 28.4 Å². The van der Waals surface area contributed by atoms with Crippen molar-refractivity contribution in [1.82, 2.24) is 4.98 Å². The fourth-order valence-corrected chi connectivity index (χ4v) is 5.55. The second-order valence-electron chi connectivity index (χ2n) is 9.42. The van der Waals surface area contributed by atoms with Gasteiger partial charge in [-0.3, -0.25) is 14.5 Å². The van der Waals surface area contributed by atoms with Crippen LogP contribution in [-0.2, 0) is 9.59 Å². The number of Topliss-reactive ketones (excluding diaryl/α,β-unsaturated/α-hetero) is 1. The van der Waals surface area contributed by atoms with Crippen LogP contribution < -0.4 is 9.64 Å². The first kappa shape index (κ1) is 24.7. The monoisotopic (exact) mass is 512 g/mol. The van der Waals surface area contributed by atoms with E-state index >= 15 is 0 Å². The summed E-state index contributed by atoms with van der Waals surface area (Å²) in [6, 6.07) is 19.8. The van der Waals surface area contributed by atoms with Crippen molar-refractivity contribution in [2.75, 3.05) is 11.5 Å². The average molecular weight is 513 g/mol. The van der Waals surface area contributed by atoms with E-state index in [1.54, 1.807) is 12.1 Å². The minimum atomic E-state index is -0.811. The Morgan fingerprint density at radius 1 is 1.05 bits per heavy atom. The van der Waals surface area contributed by atoms with Crippen molar-refractivity contribution >= 4 is 44.1 Å². The van der Waals surface area contributed by atoms with E-state index in [0.717, 1.165) is 21.4 Å². The fourth-order valence-electron chi connectivity index (χ4n) is 4.53. The first-order valence-corrected chi connectivity index (χ1v) is 13.1. The number of aliphatic hydroxyl groups is 1. The Morgan fingerprint density at radius 3 is 2.41 bits per heavy atom. The molecule has 1 saturated heterocycles. The average Bonchev–Trinajstić information content (AvgIpc) is 3.42. The molecule has 2 heterocycles. The van der Waals surface area contributed by atoms with Crippen molar-refractivity contribution in [2.24, 2.45) is 0 Å². The molecule has 0 aliphatic carbocycles. The van der Waals surface area contributed by atoms with Gasteiger partial charge in [-0.1, -0.05) is 79.3 Å². The minimum Gasteiger partial charge on any atom is -0.507 e. The van der Waals surface area contributed by atoms with Gasteiger partial charge >= 0.3 is 5.91 Å². The van der Waals surface area contributed by atoms with Crippen LogP contribution in [0, 0.1) is 6.92 Å². The lowest BCUT2D eigenvalue weighted by Crippen LogP contribution is -2.29. The molecule has 3 aromatic carbocycles. The van der Waals surface area contributed by atoms with Crippen LogP contribution in [0.3, 0.4) is 0 Å². The normalized spacial score (nSPS) is 17.2. The molecule has 37 heavy (non-hydrogen) atoms. The maximum absolute atomic E-state index is 13.5. The van der Waals surface area contributed by atoms with Crippen LogP contribution in [0.2, 0.25) is 0 Å². The number of aliphatic hydroxyl groups excluding tert-OH is 1. The molecule has 0 spiro atoms. The number of anilines is 1. The van der Waals surface area contributed by atoms with Gasteiger partial charge in [-0.25, -0.2) is 4.98 Å². The van der Waals surface area contributed by atoms with Crippen molar-refractivity contribution in [2.45, 2.75) is 39.7 Å². The van der Waals surface area contributed by atoms with Crippen molar-refractivity contribution < 1.29 is 19.4 Å². The molecule has 1 fully saturated rings. The van der Waals surface area contributed by atoms with E-state index in [4.69, 9.17) is 9.72 Å². The summed E-state index contributed by atoms with van der Waals surface area (Å²) in [5.41, 5.74) is 4.14. The van der Waals surface area contributed by atoms with Gasteiger partial charge in [0.15, 0.2) is 5.13 Å². The molecule has 1 aromatic heterocycles. The number of aryl methyl sites for hydroxylation is 1. The molecule has 5 rings (SSSR count). The lowest BCUT2D eigenvalue weighted by Gasteiger charge is -2.23. The molecule has 4 aromatic rings. The SMILES string of the molecule is CCOc1ccc2nc(N3C(=O)C(=O)C(=C(O)c4ccc(C)cc4)C3c3ccc(C(C)C)cc3)sc2c1. The van der Waals surface area contributed by atoms with Crippen molar-refractivity contribution in [3.8, 4) is 5.75 Å². The molecule has 0 saturated carbocycles. The van der Waals surface area contributed by atoms with Crippen LogP contribution >= 0.6 is 11.3 Å². The van der Waals surface area contributed by atoms with Gasteiger partial charge in [0.1, 0.15) is 11.5 Å².